The normalized spacial score (nSPS) is 10.2. The summed E-state index contributed by atoms with van der Waals surface area (Å²) in [5.41, 5.74) is -1.19. The van der Waals surface area contributed by atoms with Crippen molar-refractivity contribution in [2.24, 2.45) is 0 Å². The molecule has 172 valence electrons. The molecule has 3 N–H and O–H groups in total. The second-order valence-electron chi connectivity index (χ2n) is 7.40. The summed E-state index contributed by atoms with van der Waals surface area (Å²) in [6.45, 7) is 13.7. The molecule has 2 amide bonds. The summed E-state index contributed by atoms with van der Waals surface area (Å²) in [6, 6.07) is 0. The maximum Gasteiger partial charge on any atom is 0.410 e. The molecular weight excluding hydrogens is 499 g/mol. The van der Waals surface area contributed by atoms with Gasteiger partial charge in [0.25, 0.3) is 0 Å². The van der Waals surface area contributed by atoms with Crippen LogP contribution in [0.15, 0.2) is 0 Å². The number of aliphatic carboxylic acids is 2. The Balaban J connectivity index is -0.000000414. The minimum atomic E-state index is -1.10. The van der Waals surface area contributed by atoms with Crippen LogP contribution in [0.3, 0.4) is 0 Å². The summed E-state index contributed by atoms with van der Waals surface area (Å²) < 4.78 is 11.0. The summed E-state index contributed by atoms with van der Waals surface area (Å²) in [4.78, 5) is 43.7. The topological polar surface area (TPSA) is 142 Å². The number of halogens is 1. The number of hydrogen-bond donors (Lipinski definition) is 3. The van der Waals surface area contributed by atoms with Gasteiger partial charge in [0.05, 0.1) is 0 Å². The highest BCUT2D eigenvalue weighted by molar-refractivity contribution is 14.1. The molecule has 0 radical (unpaired) electrons. The lowest BCUT2D eigenvalue weighted by atomic mass is 10.2. The lowest BCUT2D eigenvalue weighted by Gasteiger charge is -2.25. The Kier molecular flexibility index (Phi) is 17.7. The van der Waals surface area contributed by atoms with E-state index < -0.39 is 41.9 Å². The number of nitrogens with zero attached hydrogens (tertiary/aromatic N) is 1. The standard InChI is InChI=1S/C9H17NO4.C7H13NO4.C2H5I/c1-5-10(6-7(11)12)8(13)14-9(2,3)4;1-7(2,3)12-6(11)8-4-5(9)10;1-2-3/h5-6H2,1-4H3,(H,11,12);4H2,1-3H3,(H,8,11)(H,9,10);2H2,1H3. The van der Waals surface area contributed by atoms with Gasteiger partial charge in [-0.05, 0) is 52.9 Å². The lowest BCUT2D eigenvalue weighted by Crippen LogP contribution is -2.39. The average molecular weight is 534 g/mol. The number of alkyl carbamates (subject to hydrolysis) is 1. The third kappa shape index (κ3) is 28.5. The van der Waals surface area contributed by atoms with E-state index >= 15 is 0 Å². The first-order valence-electron chi connectivity index (χ1n) is 8.93. The summed E-state index contributed by atoms with van der Waals surface area (Å²) in [6.07, 6.45) is -1.31. The Hall–Kier alpha value is -1.79. The highest BCUT2D eigenvalue weighted by Gasteiger charge is 2.22. The number of ether oxygens (including phenoxy) is 2. The number of amides is 2. The Morgan fingerprint density at radius 1 is 0.897 bits per heavy atom. The second kappa shape index (κ2) is 16.1. The number of likely N-dealkylation sites (N-methyl/N-ethyl adjacent to an activating group) is 1. The number of hydrogen-bond acceptors (Lipinski definition) is 6. The first-order valence-corrected chi connectivity index (χ1v) is 10.5. The molecule has 0 aliphatic heterocycles. The molecule has 0 aliphatic rings. The van der Waals surface area contributed by atoms with E-state index in [0.717, 1.165) is 4.90 Å². The van der Waals surface area contributed by atoms with E-state index in [4.69, 9.17) is 19.7 Å². The maximum atomic E-state index is 11.4. The van der Waals surface area contributed by atoms with Gasteiger partial charge in [0.1, 0.15) is 24.3 Å². The van der Waals surface area contributed by atoms with Gasteiger partial charge in [0, 0.05) is 6.54 Å². The van der Waals surface area contributed by atoms with Crippen LogP contribution < -0.4 is 5.32 Å². The van der Waals surface area contributed by atoms with Crippen molar-refractivity contribution in [3.63, 3.8) is 0 Å². The van der Waals surface area contributed by atoms with Crippen LogP contribution in [-0.2, 0) is 19.1 Å². The second-order valence-corrected chi connectivity index (χ2v) is 8.93. The van der Waals surface area contributed by atoms with Crippen LogP contribution in [0.1, 0.15) is 55.4 Å². The van der Waals surface area contributed by atoms with Crippen LogP contribution in [-0.4, -0.2) is 74.5 Å². The monoisotopic (exact) mass is 534 g/mol. The van der Waals surface area contributed by atoms with Crippen molar-refractivity contribution in [1.82, 2.24) is 10.2 Å². The summed E-state index contributed by atoms with van der Waals surface area (Å²) in [7, 11) is 0. The van der Waals surface area contributed by atoms with Gasteiger partial charge < -0.3 is 25.0 Å². The van der Waals surface area contributed by atoms with Crippen molar-refractivity contribution < 1.29 is 38.9 Å². The molecule has 0 aromatic rings. The molecule has 0 rings (SSSR count). The quantitative estimate of drug-likeness (QED) is 0.360. The predicted molar refractivity (Wildman–Crippen MR) is 118 cm³/mol. The molecule has 0 heterocycles. The zero-order valence-corrected chi connectivity index (χ0v) is 20.7. The van der Waals surface area contributed by atoms with Gasteiger partial charge in [0.2, 0.25) is 0 Å². The minimum Gasteiger partial charge on any atom is -0.480 e. The molecule has 0 spiro atoms. The van der Waals surface area contributed by atoms with Crippen molar-refractivity contribution in [3.8, 4) is 0 Å². The molecular formula is C18H35IN2O8. The molecule has 29 heavy (non-hydrogen) atoms. The van der Waals surface area contributed by atoms with E-state index in [1.165, 1.54) is 4.43 Å². The zero-order valence-electron chi connectivity index (χ0n) is 18.5. The Bertz CT molecular complexity index is 513. The molecule has 0 bridgehead atoms. The summed E-state index contributed by atoms with van der Waals surface area (Å²) in [5.74, 6) is -2.14. The van der Waals surface area contributed by atoms with Crippen molar-refractivity contribution in [3.05, 3.63) is 0 Å². The Morgan fingerprint density at radius 3 is 1.59 bits per heavy atom. The van der Waals surface area contributed by atoms with Gasteiger partial charge >= 0.3 is 24.1 Å². The molecule has 0 aliphatic carbocycles. The van der Waals surface area contributed by atoms with E-state index in [1.807, 2.05) is 0 Å². The van der Waals surface area contributed by atoms with Crippen LogP contribution in [0.4, 0.5) is 9.59 Å². The van der Waals surface area contributed by atoms with Crippen LogP contribution in [0.25, 0.3) is 0 Å². The average Bonchev–Trinajstić information content (AvgIpc) is 2.48. The van der Waals surface area contributed by atoms with Gasteiger partial charge in [-0.2, -0.15) is 0 Å². The number of carbonyl (C=O) groups is 4. The number of carboxylic acids is 2. The molecule has 0 saturated carbocycles. The zero-order chi connectivity index (χ0) is 23.8. The van der Waals surface area contributed by atoms with Crippen LogP contribution in [0.2, 0.25) is 0 Å². The van der Waals surface area contributed by atoms with E-state index in [0.29, 0.717) is 6.54 Å². The fraction of sp³-hybridized carbons (Fsp3) is 0.778. The third-order valence-corrected chi connectivity index (χ3v) is 2.14. The van der Waals surface area contributed by atoms with Crippen LogP contribution in [0, 0.1) is 0 Å². The highest BCUT2D eigenvalue weighted by atomic mass is 127. The summed E-state index contributed by atoms with van der Waals surface area (Å²) >= 11 is 2.29. The van der Waals surface area contributed by atoms with Gasteiger partial charge in [0.15, 0.2) is 0 Å². The number of rotatable bonds is 5. The maximum absolute atomic E-state index is 11.4. The van der Waals surface area contributed by atoms with Gasteiger partial charge in [-0.15, -0.1) is 0 Å². The molecule has 0 saturated heterocycles. The van der Waals surface area contributed by atoms with Crippen molar-refractivity contribution >= 4 is 46.7 Å². The third-order valence-electron chi connectivity index (χ3n) is 2.14. The van der Waals surface area contributed by atoms with Crippen LogP contribution >= 0.6 is 22.6 Å². The smallest absolute Gasteiger partial charge is 0.410 e. The SMILES string of the molecule is CC(C)(C)OC(=O)NCC(=O)O.CCI.CCN(CC(=O)O)C(=O)OC(C)(C)C. The fourth-order valence-corrected chi connectivity index (χ4v) is 1.26. The molecule has 0 aromatic carbocycles. The van der Waals surface area contributed by atoms with Crippen molar-refractivity contribution in [2.75, 3.05) is 24.1 Å². The molecule has 10 nitrogen and oxygen atoms in total. The first kappa shape index (κ1) is 31.9. The van der Waals surface area contributed by atoms with Gasteiger partial charge in [-0.3, -0.25) is 14.5 Å². The van der Waals surface area contributed by atoms with Gasteiger partial charge in [-0.25, -0.2) is 9.59 Å². The molecule has 0 atom stereocenters. The number of carbonyl (C=O) groups excluding carboxylic acids is 2. The highest BCUT2D eigenvalue weighted by Crippen LogP contribution is 2.09. The molecule has 11 heteroatoms. The molecule has 0 unspecified atom stereocenters. The number of alkyl halides is 1. The number of nitrogens with one attached hydrogen (secondary N) is 1. The van der Waals surface area contributed by atoms with Crippen LogP contribution in [0.5, 0.6) is 0 Å². The number of carboxylic acid groups (broad SMARTS) is 2. The van der Waals surface area contributed by atoms with E-state index in [2.05, 4.69) is 34.8 Å². The van der Waals surface area contributed by atoms with E-state index in [9.17, 15) is 19.2 Å². The molecule has 0 fully saturated rings. The van der Waals surface area contributed by atoms with Crippen molar-refractivity contribution in [1.29, 1.82) is 0 Å². The Morgan fingerprint density at radius 2 is 1.31 bits per heavy atom. The summed E-state index contributed by atoms with van der Waals surface area (Å²) in [5, 5.41) is 18.8. The lowest BCUT2D eigenvalue weighted by molar-refractivity contribution is -0.138. The van der Waals surface area contributed by atoms with E-state index in [1.54, 1.807) is 48.5 Å². The molecule has 0 aromatic heterocycles. The van der Waals surface area contributed by atoms with Crippen molar-refractivity contribution in [2.45, 2.75) is 66.6 Å². The first-order chi connectivity index (χ1) is 13.0. The predicted octanol–water partition coefficient (Wildman–Crippen LogP) is 3.37. The minimum absolute atomic E-state index is 0.321. The van der Waals surface area contributed by atoms with E-state index in [-0.39, 0.29) is 6.54 Å². The largest absolute Gasteiger partial charge is 0.480 e. The Labute approximate surface area is 186 Å². The van der Waals surface area contributed by atoms with Gasteiger partial charge in [-0.1, -0.05) is 29.5 Å². The fourth-order valence-electron chi connectivity index (χ4n) is 1.26.